The van der Waals surface area contributed by atoms with Gasteiger partial charge in [-0.3, -0.25) is 0 Å². The fourth-order valence-corrected chi connectivity index (χ4v) is 3.34. The van der Waals surface area contributed by atoms with Gasteiger partial charge in [0.2, 0.25) is 0 Å². The van der Waals surface area contributed by atoms with Crippen LogP contribution in [0.2, 0.25) is 0 Å². The Bertz CT molecular complexity index is 789. The van der Waals surface area contributed by atoms with Crippen LogP contribution in [0.4, 0.5) is 0 Å². The number of rotatable bonds is 2. The average molecular weight is 282 g/mol. The summed E-state index contributed by atoms with van der Waals surface area (Å²) in [6.45, 7) is 2.77. The molecule has 0 bridgehead atoms. The van der Waals surface area contributed by atoms with Crippen LogP contribution in [0.5, 0.6) is 0 Å². The van der Waals surface area contributed by atoms with Crippen LogP contribution in [0.25, 0.3) is 21.9 Å². The van der Waals surface area contributed by atoms with Crippen molar-refractivity contribution in [3.8, 4) is 0 Å². The zero-order valence-corrected chi connectivity index (χ0v) is 12.0. The molecule has 108 valence electrons. The summed E-state index contributed by atoms with van der Waals surface area (Å²) in [5, 5.41) is 12.8. The number of ether oxygens (including phenoxy) is 1. The molecule has 3 aromatic rings. The fourth-order valence-electron chi connectivity index (χ4n) is 3.34. The molecule has 1 aliphatic rings. The zero-order valence-electron chi connectivity index (χ0n) is 12.0. The van der Waals surface area contributed by atoms with Crippen molar-refractivity contribution in [1.82, 2.24) is 0 Å². The second-order valence-electron chi connectivity index (χ2n) is 5.83. The molecular weight excluding hydrogens is 264 g/mol. The predicted octanol–water partition coefficient (Wildman–Crippen LogP) is 4.04. The van der Waals surface area contributed by atoms with E-state index in [4.69, 9.17) is 9.15 Å². The Hall–Kier alpha value is -1.84. The summed E-state index contributed by atoms with van der Waals surface area (Å²) in [6, 6.07) is 14.0. The minimum atomic E-state index is -0.486. The number of aliphatic hydroxyl groups excluding tert-OH is 1. The zero-order chi connectivity index (χ0) is 14.4. The predicted molar refractivity (Wildman–Crippen MR) is 82.2 cm³/mol. The first-order valence-electron chi connectivity index (χ1n) is 7.45. The van der Waals surface area contributed by atoms with Gasteiger partial charge in [0.15, 0.2) is 0 Å². The summed E-state index contributed by atoms with van der Waals surface area (Å²) in [5.74, 6) is 0.167. The van der Waals surface area contributed by atoms with E-state index in [1.54, 1.807) is 0 Å². The molecule has 0 radical (unpaired) electrons. The molecular formula is C18H18O3. The van der Waals surface area contributed by atoms with E-state index in [1.807, 2.05) is 37.3 Å². The van der Waals surface area contributed by atoms with Crippen LogP contribution in [0.15, 0.2) is 46.9 Å². The molecule has 2 heterocycles. The molecule has 0 amide bonds. The quantitative estimate of drug-likeness (QED) is 0.771. The summed E-state index contributed by atoms with van der Waals surface area (Å²) in [7, 11) is 0. The Labute approximate surface area is 123 Å². The number of aliphatic hydroxyl groups is 1. The van der Waals surface area contributed by atoms with Crippen molar-refractivity contribution >= 4 is 21.9 Å². The Morgan fingerprint density at radius 1 is 1.10 bits per heavy atom. The van der Waals surface area contributed by atoms with Crippen molar-refractivity contribution in [2.75, 3.05) is 6.61 Å². The molecule has 3 heteroatoms. The minimum absolute atomic E-state index is 0.108. The van der Waals surface area contributed by atoms with Crippen LogP contribution >= 0.6 is 0 Å². The van der Waals surface area contributed by atoms with Gasteiger partial charge in [-0.05, 0) is 37.1 Å². The number of benzene rings is 2. The highest BCUT2D eigenvalue weighted by molar-refractivity contribution is 6.04. The van der Waals surface area contributed by atoms with E-state index in [2.05, 4.69) is 12.1 Å². The van der Waals surface area contributed by atoms with E-state index >= 15 is 0 Å². The van der Waals surface area contributed by atoms with Gasteiger partial charge in [0.05, 0.1) is 12.2 Å². The van der Waals surface area contributed by atoms with Crippen molar-refractivity contribution in [2.45, 2.75) is 25.6 Å². The number of hydrogen-bond acceptors (Lipinski definition) is 3. The molecule has 1 aliphatic heterocycles. The van der Waals surface area contributed by atoms with Crippen LogP contribution in [0.1, 0.15) is 25.0 Å². The highest BCUT2D eigenvalue weighted by Gasteiger charge is 2.31. The highest BCUT2D eigenvalue weighted by atomic mass is 16.5. The largest absolute Gasteiger partial charge is 0.456 e. The summed E-state index contributed by atoms with van der Waals surface area (Å²) >= 11 is 0. The molecule has 3 unspecified atom stereocenters. The lowest BCUT2D eigenvalue weighted by atomic mass is 9.90. The van der Waals surface area contributed by atoms with Gasteiger partial charge in [0.25, 0.3) is 0 Å². The average Bonchev–Trinajstić information content (AvgIpc) is 3.09. The molecule has 4 rings (SSSR count). The first-order chi connectivity index (χ1) is 10.2. The molecule has 3 atom stereocenters. The van der Waals surface area contributed by atoms with Gasteiger partial charge in [-0.1, -0.05) is 24.3 Å². The fraction of sp³-hybridized carbons (Fsp3) is 0.333. The Kier molecular flexibility index (Phi) is 2.98. The number of hydrogen-bond donors (Lipinski definition) is 1. The molecule has 1 N–H and O–H groups in total. The van der Waals surface area contributed by atoms with Gasteiger partial charge in [-0.2, -0.15) is 0 Å². The summed E-state index contributed by atoms with van der Waals surface area (Å²) in [5.41, 5.74) is 2.69. The second-order valence-corrected chi connectivity index (χ2v) is 5.83. The van der Waals surface area contributed by atoms with Gasteiger partial charge < -0.3 is 14.3 Å². The molecule has 2 aromatic carbocycles. The van der Waals surface area contributed by atoms with Crippen LogP contribution in [-0.2, 0) is 4.74 Å². The Morgan fingerprint density at radius 2 is 1.90 bits per heavy atom. The van der Waals surface area contributed by atoms with E-state index in [1.165, 1.54) is 0 Å². The topological polar surface area (TPSA) is 42.6 Å². The third-order valence-electron chi connectivity index (χ3n) is 4.58. The first-order valence-corrected chi connectivity index (χ1v) is 7.45. The smallest absolute Gasteiger partial charge is 0.135 e. The summed E-state index contributed by atoms with van der Waals surface area (Å²) < 4.78 is 11.4. The van der Waals surface area contributed by atoms with Crippen LogP contribution in [0, 0.1) is 5.92 Å². The maximum absolute atomic E-state index is 10.6. The Morgan fingerprint density at radius 3 is 2.71 bits per heavy atom. The van der Waals surface area contributed by atoms with E-state index < -0.39 is 6.10 Å². The molecule has 1 saturated heterocycles. The number of furan rings is 1. The van der Waals surface area contributed by atoms with Gasteiger partial charge in [0, 0.05) is 23.3 Å². The minimum Gasteiger partial charge on any atom is -0.456 e. The monoisotopic (exact) mass is 282 g/mol. The molecule has 1 aromatic heterocycles. The van der Waals surface area contributed by atoms with Gasteiger partial charge in [0.1, 0.15) is 11.2 Å². The maximum atomic E-state index is 10.6. The van der Waals surface area contributed by atoms with Crippen molar-refractivity contribution in [3.63, 3.8) is 0 Å². The maximum Gasteiger partial charge on any atom is 0.135 e. The lowest BCUT2D eigenvalue weighted by Gasteiger charge is -2.21. The summed E-state index contributed by atoms with van der Waals surface area (Å²) in [4.78, 5) is 0. The lowest BCUT2D eigenvalue weighted by Crippen LogP contribution is -2.19. The standard InChI is InChI=1S/C18H18O3/c1-11-13(8-9-20-11)18(19)12-6-7-17-15(10-12)14-4-2-3-5-16(14)21-17/h2-7,10-11,13,18-19H,8-9H2,1H3. The molecule has 1 fully saturated rings. The van der Waals surface area contributed by atoms with E-state index in [0.717, 1.165) is 40.5 Å². The van der Waals surface area contributed by atoms with Gasteiger partial charge in [-0.25, -0.2) is 0 Å². The van der Waals surface area contributed by atoms with Gasteiger partial charge in [-0.15, -0.1) is 0 Å². The van der Waals surface area contributed by atoms with Crippen molar-refractivity contribution in [1.29, 1.82) is 0 Å². The third-order valence-corrected chi connectivity index (χ3v) is 4.58. The highest BCUT2D eigenvalue weighted by Crippen LogP contribution is 2.36. The second kappa shape index (κ2) is 4.86. The van der Waals surface area contributed by atoms with Crippen molar-refractivity contribution in [2.24, 2.45) is 5.92 Å². The Balaban J connectivity index is 1.80. The van der Waals surface area contributed by atoms with Crippen LogP contribution < -0.4 is 0 Å². The van der Waals surface area contributed by atoms with E-state index in [0.29, 0.717) is 0 Å². The molecule has 3 nitrogen and oxygen atoms in total. The van der Waals surface area contributed by atoms with E-state index in [-0.39, 0.29) is 12.0 Å². The number of fused-ring (bicyclic) bond motifs is 3. The molecule has 0 saturated carbocycles. The molecule has 21 heavy (non-hydrogen) atoms. The van der Waals surface area contributed by atoms with Crippen molar-refractivity contribution < 1.29 is 14.3 Å². The summed E-state index contributed by atoms with van der Waals surface area (Å²) in [6.07, 6.45) is 0.532. The SMILES string of the molecule is CC1OCCC1C(O)c1ccc2oc3ccccc3c2c1. The van der Waals surface area contributed by atoms with Crippen LogP contribution in [-0.4, -0.2) is 17.8 Å². The molecule has 0 spiro atoms. The van der Waals surface area contributed by atoms with Gasteiger partial charge >= 0.3 is 0 Å². The van der Waals surface area contributed by atoms with E-state index in [9.17, 15) is 5.11 Å². The number of para-hydroxylation sites is 1. The van der Waals surface area contributed by atoms with Crippen molar-refractivity contribution in [3.05, 3.63) is 48.0 Å². The molecule has 0 aliphatic carbocycles. The van der Waals surface area contributed by atoms with Crippen LogP contribution in [0.3, 0.4) is 0 Å². The third kappa shape index (κ3) is 2.04. The lowest BCUT2D eigenvalue weighted by molar-refractivity contribution is 0.0432. The first kappa shape index (κ1) is 12.9. The normalized spacial score (nSPS) is 23.9.